The van der Waals surface area contributed by atoms with Crippen molar-refractivity contribution >= 4 is 39.2 Å². The van der Waals surface area contributed by atoms with E-state index < -0.39 is 0 Å². The van der Waals surface area contributed by atoms with Crippen LogP contribution in [0.25, 0.3) is 67.2 Å². The number of hydrogen-bond acceptors (Lipinski definition) is 5. The molecule has 9 rings (SSSR count). The Kier molecular flexibility index (Phi) is 7.41. The molecule has 5 heteroatoms. The van der Waals surface area contributed by atoms with Crippen LogP contribution in [-0.2, 0) is 0 Å². The molecule has 7 aromatic carbocycles. The van der Waals surface area contributed by atoms with Gasteiger partial charge in [0.25, 0.3) is 0 Å². The SMILES string of the molecule is c1ccc(-c2ccccc2-c2nc3ccccc3nc2-c2ccc(N(c3ccccc3)c3ccc(-c4nc5ccccc5o4)cc3)cc2)cc1. The van der Waals surface area contributed by atoms with Gasteiger partial charge in [0.05, 0.1) is 22.4 Å². The summed E-state index contributed by atoms with van der Waals surface area (Å²) < 4.78 is 6.04. The Morgan fingerprint density at radius 2 is 0.840 bits per heavy atom. The van der Waals surface area contributed by atoms with Crippen LogP contribution >= 0.6 is 0 Å². The third-order valence-corrected chi connectivity index (χ3v) is 8.92. The number of hydrogen-bond donors (Lipinski definition) is 0. The summed E-state index contributed by atoms with van der Waals surface area (Å²) in [6.45, 7) is 0. The maximum atomic E-state index is 6.04. The summed E-state index contributed by atoms with van der Waals surface area (Å²) in [6, 6.07) is 62.1. The minimum Gasteiger partial charge on any atom is -0.436 e. The molecule has 0 aliphatic heterocycles. The van der Waals surface area contributed by atoms with Crippen molar-refractivity contribution in [3.63, 3.8) is 0 Å². The van der Waals surface area contributed by atoms with Gasteiger partial charge in [0.15, 0.2) is 5.58 Å². The van der Waals surface area contributed by atoms with Gasteiger partial charge >= 0.3 is 0 Å². The van der Waals surface area contributed by atoms with E-state index in [2.05, 4.69) is 126 Å². The van der Waals surface area contributed by atoms with Crippen LogP contribution < -0.4 is 4.90 Å². The highest BCUT2D eigenvalue weighted by Crippen LogP contribution is 2.40. The molecule has 0 radical (unpaired) electrons. The van der Waals surface area contributed by atoms with E-state index in [9.17, 15) is 0 Å². The maximum Gasteiger partial charge on any atom is 0.227 e. The van der Waals surface area contributed by atoms with Gasteiger partial charge in [-0.3, -0.25) is 0 Å². The zero-order chi connectivity index (χ0) is 33.3. The molecule has 0 fully saturated rings. The molecule has 0 N–H and O–H groups in total. The fraction of sp³-hybridized carbons (Fsp3) is 0. The molecule has 0 atom stereocenters. The first-order valence-corrected chi connectivity index (χ1v) is 16.6. The van der Waals surface area contributed by atoms with Gasteiger partial charge in [-0.25, -0.2) is 15.0 Å². The molecule has 5 nitrogen and oxygen atoms in total. The van der Waals surface area contributed by atoms with Gasteiger partial charge in [0.1, 0.15) is 5.52 Å². The summed E-state index contributed by atoms with van der Waals surface area (Å²) >= 11 is 0. The minimum atomic E-state index is 0.606. The van der Waals surface area contributed by atoms with Gasteiger partial charge < -0.3 is 9.32 Å². The van der Waals surface area contributed by atoms with Gasteiger partial charge in [0.2, 0.25) is 5.89 Å². The quantitative estimate of drug-likeness (QED) is 0.173. The lowest BCUT2D eigenvalue weighted by Crippen LogP contribution is -2.09. The fourth-order valence-corrected chi connectivity index (χ4v) is 6.49. The molecule has 2 heterocycles. The number of benzene rings is 7. The summed E-state index contributed by atoms with van der Waals surface area (Å²) in [4.78, 5) is 17.4. The smallest absolute Gasteiger partial charge is 0.227 e. The molecule has 2 aromatic heterocycles. The van der Waals surface area contributed by atoms with E-state index in [1.165, 1.54) is 0 Å². The van der Waals surface area contributed by atoms with Gasteiger partial charge in [-0.15, -0.1) is 0 Å². The first-order valence-electron chi connectivity index (χ1n) is 16.6. The largest absolute Gasteiger partial charge is 0.436 e. The van der Waals surface area contributed by atoms with Crippen LogP contribution in [0.2, 0.25) is 0 Å². The number of fused-ring (bicyclic) bond motifs is 2. The molecule has 0 saturated carbocycles. The van der Waals surface area contributed by atoms with Crippen LogP contribution in [-0.4, -0.2) is 15.0 Å². The average molecular weight is 643 g/mol. The summed E-state index contributed by atoms with van der Waals surface area (Å²) in [6.07, 6.45) is 0. The normalized spacial score (nSPS) is 11.2. The third kappa shape index (κ3) is 5.47. The second-order valence-corrected chi connectivity index (χ2v) is 12.1. The van der Waals surface area contributed by atoms with Crippen molar-refractivity contribution in [3.8, 4) is 45.1 Å². The first-order chi connectivity index (χ1) is 24.8. The molecule has 9 aromatic rings. The number of anilines is 3. The Bertz CT molecular complexity index is 2550. The molecular weight excluding hydrogens is 613 g/mol. The maximum absolute atomic E-state index is 6.04. The van der Waals surface area contributed by atoms with Crippen molar-refractivity contribution < 1.29 is 4.42 Å². The Morgan fingerprint density at radius 3 is 1.50 bits per heavy atom. The highest BCUT2D eigenvalue weighted by atomic mass is 16.3. The van der Waals surface area contributed by atoms with Crippen LogP contribution in [0.15, 0.2) is 186 Å². The molecule has 0 spiro atoms. The summed E-state index contributed by atoms with van der Waals surface area (Å²) in [5, 5.41) is 0. The predicted octanol–water partition coefficient (Wildman–Crippen LogP) is 11.9. The van der Waals surface area contributed by atoms with Gasteiger partial charge in [0, 0.05) is 33.8 Å². The molecule has 236 valence electrons. The Hall–Kier alpha value is -6.85. The van der Waals surface area contributed by atoms with Crippen molar-refractivity contribution in [1.82, 2.24) is 15.0 Å². The zero-order valence-electron chi connectivity index (χ0n) is 27.0. The first kappa shape index (κ1) is 29.3. The van der Waals surface area contributed by atoms with E-state index in [-0.39, 0.29) is 0 Å². The second-order valence-electron chi connectivity index (χ2n) is 12.1. The highest BCUT2D eigenvalue weighted by Gasteiger charge is 2.19. The number of aromatic nitrogens is 3. The third-order valence-electron chi connectivity index (χ3n) is 8.92. The van der Waals surface area contributed by atoms with Crippen LogP contribution in [0.4, 0.5) is 17.1 Å². The predicted molar refractivity (Wildman–Crippen MR) is 204 cm³/mol. The van der Waals surface area contributed by atoms with E-state index in [4.69, 9.17) is 19.4 Å². The van der Waals surface area contributed by atoms with Crippen molar-refractivity contribution in [2.45, 2.75) is 0 Å². The van der Waals surface area contributed by atoms with E-state index in [1.807, 2.05) is 60.7 Å². The zero-order valence-corrected chi connectivity index (χ0v) is 27.0. The van der Waals surface area contributed by atoms with Crippen molar-refractivity contribution in [2.24, 2.45) is 0 Å². The summed E-state index contributed by atoms with van der Waals surface area (Å²) in [5.41, 5.74) is 13.3. The van der Waals surface area contributed by atoms with Crippen molar-refractivity contribution in [2.75, 3.05) is 4.90 Å². The van der Waals surface area contributed by atoms with Crippen molar-refractivity contribution in [1.29, 1.82) is 0 Å². The van der Waals surface area contributed by atoms with E-state index in [0.717, 1.165) is 78.4 Å². The fourth-order valence-electron chi connectivity index (χ4n) is 6.49. The van der Waals surface area contributed by atoms with Gasteiger partial charge in [-0.1, -0.05) is 109 Å². The van der Waals surface area contributed by atoms with Crippen LogP contribution in [0.1, 0.15) is 0 Å². The standard InChI is InChI=1S/C45H30N4O/c1-3-13-31(14-4-1)37-17-7-8-18-38(37)44-43(46-39-19-9-10-20-40(39)47-44)32-23-27-35(28-24-32)49(34-15-5-2-6-16-34)36-29-25-33(26-30-36)45-48-41-21-11-12-22-42(41)50-45/h1-30H. The number of para-hydroxylation sites is 5. The lowest BCUT2D eigenvalue weighted by Gasteiger charge is -2.25. The van der Waals surface area contributed by atoms with Crippen LogP contribution in [0.5, 0.6) is 0 Å². The van der Waals surface area contributed by atoms with Gasteiger partial charge in [-0.2, -0.15) is 0 Å². The Labute approximate surface area is 289 Å². The Morgan fingerprint density at radius 1 is 0.340 bits per heavy atom. The Balaban J connectivity index is 1.13. The van der Waals surface area contributed by atoms with E-state index >= 15 is 0 Å². The number of oxazole rings is 1. The van der Waals surface area contributed by atoms with Crippen LogP contribution in [0.3, 0.4) is 0 Å². The average Bonchev–Trinajstić information content (AvgIpc) is 3.64. The molecular formula is C45H30N4O. The summed E-state index contributed by atoms with van der Waals surface area (Å²) in [7, 11) is 0. The molecule has 0 amide bonds. The number of nitrogens with zero attached hydrogens (tertiary/aromatic N) is 4. The monoisotopic (exact) mass is 642 g/mol. The lowest BCUT2D eigenvalue weighted by atomic mass is 9.94. The van der Waals surface area contributed by atoms with Gasteiger partial charge in [-0.05, 0) is 83.9 Å². The summed E-state index contributed by atoms with van der Waals surface area (Å²) in [5.74, 6) is 0.606. The molecule has 0 unspecified atom stereocenters. The molecule has 0 saturated heterocycles. The highest BCUT2D eigenvalue weighted by molar-refractivity contribution is 5.92. The lowest BCUT2D eigenvalue weighted by molar-refractivity contribution is 0.620. The van der Waals surface area contributed by atoms with E-state index in [1.54, 1.807) is 0 Å². The van der Waals surface area contributed by atoms with Crippen LogP contribution in [0, 0.1) is 0 Å². The topological polar surface area (TPSA) is 55.1 Å². The van der Waals surface area contributed by atoms with E-state index in [0.29, 0.717) is 5.89 Å². The molecule has 0 bridgehead atoms. The minimum absolute atomic E-state index is 0.606. The number of rotatable bonds is 7. The molecule has 0 aliphatic carbocycles. The molecule has 0 aliphatic rings. The second kappa shape index (κ2) is 12.6. The van der Waals surface area contributed by atoms with Crippen molar-refractivity contribution in [3.05, 3.63) is 182 Å². The molecule has 50 heavy (non-hydrogen) atoms.